The molecular formula is C25H20Cl2N2O4. The minimum Gasteiger partial charge on any atom is -0.457 e. The number of hydrogen-bond donors (Lipinski definition) is 1. The number of urea groups is 1. The predicted molar refractivity (Wildman–Crippen MR) is 128 cm³/mol. The monoisotopic (exact) mass is 482 g/mol. The van der Waals surface area contributed by atoms with Crippen LogP contribution in [-0.4, -0.2) is 17.8 Å². The van der Waals surface area contributed by atoms with Gasteiger partial charge < -0.3 is 4.42 Å². The number of nitrogens with zero attached hydrogens (tertiary/aromatic N) is 1. The van der Waals surface area contributed by atoms with Crippen LogP contribution in [0.4, 0.5) is 10.5 Å². The highest BCUT2D eigenvalue weighted by atomic mass is 35.5. The van der Waals surface area contributed by atoms with E-state index < -0.39 is 17.8 Å². The molecule has 1 saturated heterocycles. The topological polar surface area (TPSA) is 79.6 Å². The average Bonchev–Trinajstić information content (AvgIpc) is 3.27. The lowest BCUT2D eigenvalue weighted by Crippen LogP contribution is -2.54. The van der Waals surface area contributed by atoms with Crippen molar-refractivity contribution in [2.24, 2.45) is 0 Å². The fraction of sp³-hybridized carbons (Fsp3) is 0.160. The van der Waals surface area contributed by atoms with Crippen LogP contribution in [0.25, 0.3) is 17.4 Å². The lowest BCUT2D eigenvalue weighted by atomic mass is 9.98. The third kappa shape index (κ3) is 4.58. The van der Waals surface area contributed by atoms with Crippen molar-refractivity contribution >= 4 is 52.8 Å². The lowest BCUT2D eigenvalue weighted by molar-refractivity contribution is -0.122. The Morgan fingerprint density at radius 1 is 1.00 bits per heavy atom. The number of rotatable bonds is 5. The van der Waals surface area contributed by atoms with Gasteiger partial charge in [-0.25, -0.2) is 9.69 Å². The van der Waals surface area contributed by atoms with Crippen molar-refractivity contribution < 1.29 is 18.8 Å². The number of anilines is 1. The molecule has 4 amide bonds. The molecule has 3 aromatic rings. The molecule has 1 atom stereocenters. The molecule has 33 heavy (non-hydrogen) atoms. The molecule has 1 fully saturated rings. The Balaban J connectivity index is 1.63. The number of barbiturate groups is 1. The molecule has 2 heterocycles. The molecule has 1 N–H and O–H groups in total. The highest BCUT2D eigenvalue weighted by molar-refractivity contribution is 6.42. The van der Waals surface area contributed by atoms with E-state index in [0.717, 1.165) is 16.9 Å². The van der Waals surface area contributed by atoms with E-state index in [2.05, 4.69) is 19.2 Å². The van der Waals surface area contributed by atoms with Crippen molar-refractivity contribution in [3.05, 3.63) is 81.5 Å². The van der Waals surface area contributed by atoms with E-state index >= 15 is 0 Å². The number of carbonyl (C=O) groups excluding carboxylic acids is 3. The summed E-state index contributed by atoms with van der Waals surface area (Å²) in [6, 6.07) is 14.7. The van der Waals surface area contributed by atoms with Crippen LogP contribution in [0.1, 0.15) is 37.5 Å². The van der Waals surface area contributed by atoms with Crippen LogP contribution in [0.2, 0.25) is 10.0 Å². The maximum Gasteiger partial charge on any atom is 0.335 e. The first-order valence-electron chi connectivity index (χ1n) is 10.3. The predicted octanol–water partition coefficient (Wildman–Crippen LogP) is 6.43. The molecule has 1 aliphatic heterocycles. The van der Waals surface area contributed by atoms with E-state index in [1.807, 2.05) is 12.1 Å². The summed E-state index contributed by atoms with van der Waals surface area (Å²) in [7, 11) is 0. The summed E-state index contributed by atoms with van der Waals surface area (Å²) < 4.78 is 5.77. The molecule has 0 radical (unpaired) electrons. The molecule has 0 saturated carbocycles. The lowest BCUT2D eigenvalue weighted by Gasteiger charge is -2.26. The summed E-state index contributed by atoms with van der Waals surface area (Å²) in [5.74, 6) is -0.406. The van der Waals surface area contributed by atoms with Gasteiger partial charge in [0.25, 0.3) is 11.8 Å². The third-order valence-corrected chi connectivity index (χ3v) is 6.29. The number of amides is 4. The van der Waals surface area contributed by atoms with E-state index in [1.165, 1.54) is 6.08 Å². The van der Waals surface area contributed by atoms with E-state index in [-0.39, 0.29) is 11.3 Å². The Morgan fingerprint density at radius 3 is 2.39 bits per heavy atom. The van der Waals surface area contributed by atoms with Crippen LogP contribution in [0.5, 0.6) is 0 Å². The smallest absolute Gasteiger partial charge is 0.335 e. The van der Waals surface area contributed by atoms with Gasteiger partial charge in [0.15, 0.2) is 0 Å². The molecule has 4 rings (SSSR count). The summed E-state index contributed by atoms with van der Waals surface area (Å²) in [6.07, 6.45) is 2.28. The molecular weight excluding hydrogens is 463 g/mol. The number of carbonyl (C=O) groups is 3. The summed E-state index contributed by atoms with van der Waals surface area (Å²) in [4.78, 5) is 38.9. The summed E-state index contributed by atoms with van der Waals surface area (Å²) in [5.41, 5.74) is 1.95. The molecule has 6 nitrogen and oxygen atoms in total. The van der Waals surface area contributed by atoms with Gasteiger partial charge in [-0.15, -0.1) is 0 Å². The Kier molecular flexibility index (Phi) is 6.40. The molecule has 1 aliphatic rings. The number of imide groups is 2. The van der Waals surface area contributed by atoms with Gasteiger partial charge in [-0.3, -0.25) is 14.9 Å². The highest BCUT2D eigenvalue weighted by Crippen LogP contribution is 2.31. The largest absolute Gasteiger partial charge is 0.457 e. The van der Waals surface area contributed by atoms with Gasteiger partial charge in [0.2, 0.25) is 0 Å². The van der Waals surface area contributed by atoms with Crippen molar-refractivity contribution in [3.63, 3.8) is 0 Å². The van der Waals surface area contributed by atoms with Crippen molar-refractivity contribution in [1.29, 1.82) is 0 Å². The second-order valence-corrected chi connectivity index (χ2v) is 8.50. The molecule has 0 spiro atoms. The number of hydrogen-bond acceptors (Lipinski definition) is 4. The number of furan rings is 1. The molecule has 0 unspecified atom stereocenters. The van der Waals surface area contributed by atoms with E-state index in [9.17, 15) is 14.4 Å². The zero-order chi connectivity index (χ0) is 23.7. The first-order chi connectivity index (χ1) is 15.8. The zero-order valence-corrected chi connectivity index (χ0v) is 19.4. The normalized spacial score (nSPS) is 16.3. The first-order valence-corrected chi connectivity index (χ1v) is 11.1. The van der Waals surface area contributed by atoms with Crippen molar-refractivity contribution in [1.82, 2.24) is 5.32 Å². The van der Waals surface area contributed by atoms with Gasteiger partial charge in [0, 0.05) is 5.56 Å². The molecule has 2 aromatic carbocycles. The summed E-state index contributed by atoms with van der Waals surface area (Å²) in [6.45, 7) is 4.19. The highest BCUT2D eigenvalue weighted by Gasteiger charge is 2.37. The number of benzene rings is 2. The van der Waals surface area contributed by atoms with Gasteiger partial charge in [0.05, 0.1) is 15.7 Å². The van der Waals surface area contributed by atoms with Gasteiger partial charge >= 0.3 is 6.03 Å². The molecule has 0 bridgehead atoms. The van der Waals surface area contributed by atoms with E-state index in [1.54, 1.807) is 42.5 Å². The average molecular weight is 483 g/mol. The Labute approximate surface area is 200 Å². The maximum atomic E-state index is 13.1. The molecule has 8 heteroatoms. The van der Waals surface area contributed by atoms with Crippen LogP contribution < -0.4 is 10.2 Å². The Hall–Kier alpha value is -3.35. The minimum atomic E-state index is -0.797. The fourth-order valence-corrected chi connectivity index (χ4v) is 3.75. The zero-order valence-electron chi connectivity index (χ0n) is 17.9. The van der Waals surface area contributed by atoms with Crippen LogP contribution >= 0.6 is 23.2 Å². The summed E-state index contributed by atoms with van der Waals surface area (Å²) in [5, 5.41) is 3.01. The van der Waals surface area contributed by atoms with Gasteiger partial charge in [-0.2, -0.15) is 0 Å². The number of halogens is 2. The Morgan fingerprint density at radius 2 is 1.73 bits per heavy atom. The van der Waals surface area contributed by atoms with Crippen molar-refractivity contribution in [3.8, 4) is 11.3 Å². The second-order valence-electron chi connectivity index (χ2n) is 7.69. The summed E-state index contributed by atoms with van der Waals surface area (Å²) >= 11 is 12.0. The SMILES string of the molecule is CC[C@H](C)c1ccc(N2C(=O)NC(=O)/C(=C/c3ccc(-c4ccc(Cl)c(Cl)c4)o3)C2=O)cc1. The van der Waals surface area contributed by atoms with Gasteiger partial charge in [0.1, 0.15) is 17.1 Å². The van der Waals surface area contributed by atoms with Crippen LogP contribution in [0.15, 0.2) is 64.6 Å². The fourth-order valence-electron chi connectivity index (χ4n) is 3.46. The molecule has 1 aromatic heterocycles. The maximum absolute atomic E-state index is 13.1. The van der Waals surface area contributed by atoms with Crippen LogP contribution in [0, 0.1) is 0 Å². The molecule has 0 aliphatic carbocycles. The van der Waals surface area contributed by atoms with E-state index in [0.29, 0.717) is 33.0 Å². The van der Waals surface area contributed by atoms with Crippen LogP contribution in [-0.2, 0) is 9.59 Å². The second kappa shape index (κ2) is 9.25. The number of nitrogens with one attached hydrogen (secondary N) is 1. The van der Waals surface area contributed by atoms with E-state index in [4.69, 9.17) is 27.6 Å². The van der Waals surface area contributed by atoms with Gasteiger partial charge in [-0.05, 0) is 66.4 Å². The van der Waals surface area contributed by atoms with Gasteiger partial charge in [-0.1, -0.05) is 49.2 Å². The quantitative estimate of drug-likeness (QED) is 0.335. The van der Waals surface area contributed by atoms with Crippen LogP contribution in [0.3, 0.4) is 0 Å². The first kappa shape index (κ1) is 22.8. The van der Waals surface area contributed by atoms with Crippen molar-refractivity contribution in [2.75, 3.05) is 4.90 Å². The van der Waals surface area contributed by atoms with Crippen molar-refractivity contribution in [2.45, 2.75) is 26.2 Å². The molecule has 168 valence electrons. The minimum absolute atomic E-state index is 0.212. The standard InChI is InChI=1S/C25H20Cl2N2O4/c1-3-14(2)15-4-7-17(8-5-15)29-24(31)19(23(30)28-25(29)32)13-18-9-11-22(33-18)16-6-10-20(26)21(27)12-16/h4-14H,3H2,1-2H3,(H,28,30,32)/b19-13-/t14-/m0/s1. The third-order valence-electron chi connectivity index (χ3n) is 5.55. The Bertz CT molecular complexity index is 1280.